The zero-order valence-electron chi connectivity index (χ0n) is 24.8. The van der Waals surface area contributed by atoms with Crippen LogP contribution >= 0.6 is 0 Å². The van der Waals surface area contributed by atoms with Crippen LogP contribution in [0.25, 0.3) is 0 Å². The fourth-order valence-corrected chi connectivity index (χ4v) is 5.80. The minimum absolute atomic E-state index is 0.0953. The number of rotatable bonds is 14. The van der Waals surface area contributed by atoms with E-state index in [0.717, 1.165) is 46.1 Å². The SMILES string of the molecule is CCOc1ccc(N(CC(=O)N(Cc2ccc(C)cc2)C(CC)C(=O)NC(C)CC)S(=O)(=O)c2ccc(F)cc2)cc1. The van der Waals surface area contributed by atoms with Gasteiger partial charge in [-0.05, 0) is 87.7 Å². The first kappa shape index (κ1) is 32.6. The highest BCUT2D eigenvalue weighted by atomic mass is 32.2. The predicted molar refractivity (Wildman–Crippen MR) is 162 cm³/mol. The highest BCUT2D eigenvalue weighted by molar-refractivity contribution is 7.92. The van der Waals surface area contributed by atoms with Crippen molar-refractivity contribution >= 4 is 27.5 Å². The fraction of sp³-hybridized carbons (Fsp3) is 0.375. The zero-order valence-corrected chi connectivity index (χ0v) is 25.7. The van der Waals surface area contributed by atoms with Gasteiger partial charge in [-0.25, -0.2) is 12.8 Å². The van der Waals surface area contributed by atoms with Gasteiger partial charge >= 0.3 is 0 Å². The van der Waals surface area contributed by atoms with E-state index in [2.05, 4.69) is 5.32 Å². The van der Waals surface area contributed by atoms with E-state index in [1.165, 1.54) is 4.90 Å². The van der Waals surface area contributed by atoms with E-state index in [1.54, 1.807) is 24.3 Å². The Morgan fingerprint density at radius 1 is 0.905 bits per heavy atom. The number of amides is 2. The van der Waals surface area contributed by atoms with Crippen molar-refractivity contribution in [2.24, 2.45) is 0 Å². The third-order valence-electron chi connectivity index (χ3n) is 6.98. The topological polar surface area (TPSA) is 96.0 Å². The summed E-state index contributed by atoms with van der Waals surface area (Å²) in [6, 6.07) is 17.5. The molecular formula is C32H40FN3O5S. The van der Waals surface area contributed by atoms with Crippen molar-refractivity contribution in [3.63, 3.8) is 0 Å². The molecule has 0 fully saturated rings. The second-order valence-corrected chi connectivity index (χ2v) is 12.0. The summed E-state index contributed by atoms with van der Waals surface area (Å²) >= 11 is 0. The first-order chi connectivity index (χ1) is 20.0. The summed E-state index contributed by atoms with van der Waals surface area (Å²) in [7, 11) is -4.30. The number of nitrogens with zero attached hydrogens (tertiary/aromatic N) is 2. The van der Waals surface area contributed by atoms with E-state index in [-0.39, 0.29) is 29.1 Å². The maximum atomic E-state index is 14.1. The maximum Gasteiger partial charge on any atom is 0.264 e. The molecule has 0 aliphatic rings. The number of sulfonamides is 1. The lowest BCUT2D eigenvalue weighted by molar-refractivity contribution is -0.140. The number of halogens is 1. The average molecular weight is 598 g/mol. The number of anilines is 1. The molecule has 0 spiro atoms. The Morgan fingerprint density at radius 2 is 1.52 bits per heavy atom. The Hall–Kier alpha value is -3.92. The Labute approximate surface area is 248 Å². The van der Waals surface area contributed by atoms with Gasteiger partial charge in [-0.1, -0.05) is 43.7 Å². The number of carbonyl (C=O) groups is 2. The van der Waals surface area contributed by atoms with Crippen LogP contribution in [0.15, 0.2) is 77.7 Å². The average Bonchev–Trinajstić information content (AvgIpc) is 2.97. The molecule has 226 valence electrons. The summed E-state index contributed by atoms with van der Waals surface area (Å²) in [5.41, 5.74) is 2.08. The van der Waals surface area contributed by atoms with Crippen LogP contribution in [0.3, 0.4) is 0 Å². The second-order valence-electron chi connectivity index (χ2n) is 10.1. The van der Waals surface area contributed by atoms with Gasteiger partial charge in [0.2, 0.25) is 11.8 Å². The van der Waals surface area contributed by atoms with Crippen LogP contribution in [-0.2, 0) is 26.2 Å². The molecule has 42 heavy (non-hydrogen) atoms. The van der Waals surface area contributed by atoms with Crippen LogP contribution in [0.2, 0.25) is 0 Å². The highest BCUT2D eigenvalue weighted by Crippen LogP contribution is 2.27. The summed E-state index contributed by atoms with van der Waals surface area (Å²) in [5.74, 6) is -0.900. The number of benzene rings is 3. The molecule has 10 heteroatoms. The van der Waals surface area contributed by atoms with Crippen molar-refractivity contribution < 1.29 is 27.1 Å². The minimum Gasteiger partial charge on any atom is -0.494 e. The summed E-state index contributed by atoms with van der Waals surface area (Å²) in [6.07, 6.45) is 1.04. The van der Waals surface area contributed by atoms with Crippen molar-refractivity contribution in [3.8, 4) is 5.75 Å². The molecular weight excluding hydrogens is 557 g/mol. The van der Waals surface area contributed by atoms with Gasteiger partial charge in [0, 0.05) is 12.6 Å². The van der Waals surface area contributed by atoms with Crippen molar-refractivity contribution in [2.75, 3.05) is 17.5 Å². The summed E-state index contributed by atoms with van der Waals surface area (Å²) in [4.78, 5) is 28.7. The lowest BCUT2D eigenvalue weighted by atomic mass is 10.1. The van der Waals surface area contributed by atoms with Crippen LogP contribution in [0.5, 0.6) is 5.75 Å². The quantitative estimate of drug-likeness (QED) is 0.267. The molecule has 0 saturated carbocycles. The Bertz CT molecular complexity index is 1430. The van der Waals surface area contributed by atoms with Crippen molar-refractivity contribution in [1.29, 1.82) is 0 Å². The molecule has 3 aromatic rings. The van der Waals surface area contributed by atoms with Gasteiger partial charge in [-0.2, -0.15) is 0 Å². The van der Waals surface area contributed by atoms with Crippen molar-refractivity contribution in [3.05, 3.63) is 89.7 Å². The smallest absolute Gasteiger partial charge is 0.264 e. The molecule has 1 N–H and O–H groups in total. The molecule has 0 aromatic heterocycles. The second kappa shape index (κ2) is 14.8. The largest absolute Gasteiger partial charge is 0.494 e. The molecule has 0 heterocycles. The van der Waals surface area contributed by atoms with Gasteiger partial charge in [0.25, 0.3) is 10.0 Å². The van der Waals surface area contributed by atoms with E-state index in [0.29, 0.717) is 18.8 Å². The molecule has 2 amide bonds. The molecule has 0 aliphatic carbocycles. The summed E-state index contributed by atoms with van der Waals surface area (Å²) < 4.78 is 47.9. The third-order valence-corrected chi connectivity index (χ3v) is 8.76. The summed E-state index contributed by atoms with van der Waals surface area (Å²) in [5, 5.41) is 2.96. The Balaban J connectivity index is 2.05. The van der Waals surface area contributed by atoms with Gasteiger partial charge in [-0.3, -0.25) is 13.9 Å². The molecule has 2 unspecified atom stereocenters. The van der Waals surface area contributed by atoms with E-state index in [4.69, 9.17) is 4.74 Å². The number of aryl methyl sites for hydroxylation is 1. The van der Waals surface area contributed by atoms with E-state index in [9.17, 15) is 22.4 Å². The van der Waals surface area contributed by atoms with Gasteiger partial charge in [0.15, 0.2) is 0 Å². The number of ether oxygens (including phenoxy) is 1. The standard InChI is InChI=1S/C32H40FN3O5S/c1-6-24(5)34-32(38)30(7-2)35(21-25-11-9-23(4)10-12-25)31(37)22-36(27-15-17-28(18-16-27)41-8-3)42(39,40)29-19-13-26(33)14-20-29/h9-20,24,30H,6-8,21-22H2,1-5H3,(H,34,38). The molecule has 3 rings (SSSR count). The maximum absolute atomic E-state index is 14.1. The lowest BCUT2D eigenvalue weighted by Gasteiger charge is -2.33. The number of hydrogen-bond acceptors (Lipinski definition) is 5. The first-order valence-electron chi connectivity index (χ1n) is 14.2. The normalized spacial score (nSPS) is 12.7. The Kier molecular flexibility index (Phi) is 11.5. The molecule has 0 radical (unpaired) electrons. The number of hydrogen-bond donors (Lipinski definition) is 1. The van der Waals surface area contributed by atoms with Gasteiger partial charge < -0.3 is 15.0 Å². The highest BCUT2D eigenvalue weighted by Gasteiger charge is 2.34. The van der Waals surface area contributed by atoms with Crippen LogP contribution in [0, 0.1) is 12.7 Å². The monoisotopic (exact) mass is 597 g/mol. The zero-order chi connectivity index (χ0) is 30.9. The number of nitrogens with one attached hydrogen (secondary N) is 1. The lowest BCUT2D eigenvalue weighted by Crippen LogP contribution is -2.53. The Morgan fingerprint density at radius 3 is 2.07 bits per heavy atom. The molecule has 0 saturated heterocycles. The predicted octanol–water partition coefficient (Wildman–Crippen LogP) is 5.45. The van der Waals surface area contributed by atoms with Crippen LogP contribution in [-0.4, -0.2) is 50.4 Å². The van der Waals surface area contributed by atoms with Gasteiger partial charge in [0.1, 0.15) is 24.2 Å². The van der Waals surface area contributed by atoms with Crippen molar-refractivity contribution in [2.45, 2.75) is 71.0 Å². The fourth-order valence-electron chi connectivity index (χ4n) is 4.39. The van der Waals surface area contributed by atoms with Crippen molar-refractivity contribution in [1.82, 2.24) is 10.2 Å². The summed E-state index contributed by atoms with van der Waals surface area (Å²) in [6.45, 7) is 9.41. The minimum atomic E-state index is -4.30. The van der Waals surface area contributed by atoms with E-state index < -0.39 is 34.3 Å². The molecule has 2 atom stereocenters. The molecule has 0 aliphatic heterocycles. The van der Waals surface area contributed by atoms with Crippen LogP contribution in [0.4, 0.5) is 10.1 Å². The van der Waals surface area contributed by atoms with Gasteiger partial charge in [-0.15, -0.1) is 0 Å². The van der Waals surface area contributed by atoms with Gasteiger partial charge in [0.05, 0.1) is 17.2 Å². The molecule has 3 aromatic carbocycles. The number of carbonyl (C=O) groups excluding carboxylic acids is 2. The van der Waals surface area contributed by atoms with E-state index >= 15 is 0 Å². The van der Waals surface area contributed by atoms with Crippen LogP contribution in [0.1, 0.15) is 51.7 Å². The van der Waals surface area contributed by atoms with E-state index in [1.807, 2.05) is 58.9 Å². The molecule has 8 nitrogen and oxygen atoms in total. The van der Waals surface area contributed by atoms with Crippen LogP contribution < -0.4 is 14.4 Å². The third kappa shape index (κ3) is 8.31. The molecule has 0 bridgehead atoms. The first-order valence-corrected chi connectivity index (χ1v) is 15.6.